The lowest BCUT2D eigenvalue weighted by Crippen LogP contribution is -2.11. The molecule has 1 aromatic carbocycles. The van der Waals surface area contributed by atoms with Gasteiger partial charge in [0.05, 0.1) is 6.61 Å². The summed E-state index contributed by atoms with van der Waals surface area (Å²) in [7, 11) is 0. The molecule has 4 heteroatoms. The van der Waals surface area contributed by atoms with Gasteiger partial charge in [-0.05, 0) is 19.4 Å². The highest BCUT2D eigenvalue weighted by molar-refractivity contribution is 5.41. The van der Waals surface area contributed by atoms with Crippen molar-refractivity contribution in [1.29, 1.82) is 5.26 Å². The molecule has 0 aliphatic heterocycles. The Kier molecular flexibility index (Phi) is 5.31. The van der Waals surface area contributed by atoms with Crippen molar-refractivity contribution < 1.29 is 9.47 Å². The summed E-state index contributed by atoms with van der Waals surface area (Å²) in [4.78, 5) is 0. The fraction of sp³-hybridized carbons (Fsp3) is 0.462. The molecule has 0 bridgehead atoms. The maximum Gasteiger partial charge on any atom is 0.181 e. The Morgan fingerprint density at radius 1 is 1.47 bits per heavy atom. The summed E-state index contributed by atoms with van der Waals surface area (Å²) in [6.07, 6.45) is 0.449. The number of ether oxygens (including phenoxy) is 2. The van der Waals surface area contributed by atoms with E-state index >= 15 is 0 Å². The molecule has 2 N–H and O–H groups in total. The summed E-state index contributed by atoms with van der Waals surface area (Å²) >= 11 is 0. The first-order valence-electron chi connectivity index (χ1n) is 5.73. The minimum atomic E-state index is -0.498. The van der Waals surface area contributed by atoms with Gasteiger partial charge in [0.2, 0.25) is 0 Å². The van der Waals surface area contributed by atoms with Crippen LogP contribution in [0.1, 0.15) is 25.8 Å². The van der Waals surface area contributed by atoms with Gasteiger partial charge in [-0.2, -0.15) is 5.26 Å². The van der Waals surface area contributed by atoms with E-state index in [0.29, 0.717) is 18.9 Å². The maximum absolute atomic E-state index is 8.73. The van der Waals surface area contributed by atoms with Crippen LogP contribution < -0.4 is 15.2 Å². The quantitative estimate of drug-likeness (QED) is 0.819. The van der Waals surface area contributed by atoms with Crippen molar-refractivity contribution in [2.75, 3.05) is 6.61 Å². The van der Waals surface area contributed by atoms with Gasteiger partial charge in [-0.3, -0.25) is 0 Å². The molecular weight excluding hydrogens is 216 g/mol. The second-order valence-corrected chi connectivity index (χ2v) is 3.71. The first-order chi connectivity index (χ1) is 8.21. The molecule has 0 aromatic heterocycles. The van der Waals surface area contributed by atoms with Gasteiger partial charge in [0.15, 0.2) is 6.10 Å². The predicted octanol–water partition coefficient (Wildman–Crippen LogP) is 2.22. The minimum Gasteiger partial charge on any atom is -0.493 e. The highest BCUT2D eigenvalue weighted by Crippen LogP contribution is 2.25. The average Bonchev–Trinajstić information content (AvgIpc) is 2.36. The zero-order chi connectivity index (χ0) is 12.7. The summed E-state index contributed by atoms with van der Waals surface area (Å²) in [5, 5.41) is 8.73. The third kappa shape index (κ3) is 3.97. The number of rotatable bonds is 6. The summed E-state index contributed by atoms with van der Waals surface area (Å²) in [5.74, 6) is 1.36. The number of hydrogen-bond donors (Lipinski definition) is 1. The zero-order valence-electron chi connectivity index (χ0n) is 10.3. The van der Waals surface area contributed by atoms with E-state index in [-0.39, 0.29) is 0 Å². The summed E-state index contributed by atoms with van der Waals surface area (Å²) in [6, 6.07) is 7.54. The van der Waals surface area contributed by atoms with Crippen molar-refractivity contribution in [3.63, 3.8) is 0 Å². The van der Waals surface area contributed by atoms with Crippen LogP contribution in [0.5, 0.6) is 11.5 Å². The van der Waals surface area contributed by atoms with Gasteiger partial charge in [-0.1, -0.05) is 13.0 Å². The lowest BCUT2D eigenvalue weighted by molar-refractivity contribution is 0.269. The topological polar surface area (TPSA) is 68.3 Å². The van der Waals surface area contributed by atoms with E-state index in [4.69, 9.17) is 20.5 Å². The molecule has 1 rings (SSSR count). The lowest BCUT2D eigenvalue weighted by atomic mass is 10.2. The Hall–Kier alpha value is -1.73. The van der Waals surface area contributed by atoms with Crippen LogP contribution in [0.25, 0.3) is 0 Å². The lowest BCUT2D eigenvalue weighted by Gasteiger charge is -2.13. The van der Waals surface area contributed by atoms with Crippen molar-refractivity contribution in [2.24, 2.45) is 5.73 Å². The molecule has 0 saturated carbocycles. The molecule has 4 nitrogen and oxygen atoms in total. The van der Waals surface area contributed by atoms with Gasteiger partial charge in [0.25, 0.3) is 0 Å². The number of hydrogen-bond acceptors (Lipinski definition) is 4. The molecular formula is C13H18N2O2. The van der Waals surface area contributed by atoms with Crippen LogP contribution >= 0.6 is 0 Å². The zero-order valence-corrected chi connectivity index (χ0v) is 10.3. The van der Waals surface area contributed by atoms with E-state index in [0.717, 1.165) is 17.7 Å². The van der Waals surface area contributed by atoms with Gasteiger partial charge < -0.3 is 15.2 Å². The van der Waals surface area contributed by atoms with Crippen LogP contribution in [0.3, 0.4) is 0 Å². The third-order valence-corrected chi connectivity index (χ3v) is 2.22. The van der Waals surface area contributed by atoms with Gasteiger partial charge >= 0.3 is 0 Å². The Balaban J connectivity index is 2.86. The van der Waals surface area contributed by atoms with Crippen LogP contribution in [0.2, 0.25) is 0 Å². The van der Waals surface area contributed by atoms with Crippen molar-refractivity contribution in [3.8, 4) is 17.6 Å². The van der Waals surface area contributed by atoms with Crippen LogP contribution in [0.4, 0.5) is 0 Å². The predicted molar refractivity (Wildman–Crippen MR) is 65.8 cm³/mol. The Morgan fingerprint density at radius 3 is 2.82 bits per heavy atom. The van der Waals surface area contributed by atoms with Gasteiger partial charge in [-0.15, -0.1) is 0 Å². The highest BCUT2D eigenvalue weighted by atomic mass is 16.5. The van der Waals surface area contributed by atoms with E-state index in [2.05, 4.69) is 0 Å². The van der Waals surface area contributed by atoms with E-state index < -0.39 is 6.10 Å². The van der Waals surface area contributed by atoms with Crippen LogP contribution in [0, 0.1) is 11.3 Å². The summed E-state index contributed by atoms with van der Waals surface area (Å²) in [5.41, 5.74) is 6.49. The van der Waals surface area contributed by atoms with Crippen molar-refractivity contribution in [3.05, 3.63) is 23.8 Å². The molecule has 0 radical (unpaired) electrons. The first-order valence-corrected chi connectivity index (χ1v) is 5.73. The van der Waals surface area contributed by atoms with Crippen LogP contribution in [0.15, 0.2) is 18.2 Å². The average molecular weight is 234 g/mol. The molecule has 1 atom stereocenters. The maximum atomic E-state index is 8.73. The van der Waals surface area contributed by atoms with Crippen LogP contribution in [-0.4, -0.2) is 12.7 Å². The molecule has 0 aliphatic carbocycles. The summed E-state index contributed by atoms with van der Waals surface area (Å²) in [6.45, 7) is 4.78. The van der Waals surface area contributed by atoms with E-state index in [1.54, 1.807) is 13.0 Å². The molecule has 1 unspecified atom stereocenters. The highest BCUT2D eigenvalue weighted by Gasteiger charge is 2.08. The Bertz CT molecular complexity index is 399. The Labute approximate surface area is 102 Å². The molecule has 0 fully saturated rings. The minimum absolute atomic E-state index is 0.377. The van der Waals surface area contributed by atoms with E-state index in [1.165, 1.54) is 0 Å². The SMILES string of the molecule is CCCOc1ccc(CN)c(OC(C)C#N)c1. The van der Waals surface area contributed by atoms with Crippen molar-refractivity contribution in [1.82, 2.24) is 0 Å². The fourth-order valence-electron chi connectivity index (χ4n) is 1.34. The molecule has 0 amide bonds. The number of benzene rings is 1. The van der Waals surface area contributed by atoms with Gasteiger partial charge in [-0.25, -0.2) is 0 Å². The molecule has 92 valence electrons. The number of nitrogens with zero attached hydrogens (tertiary/aromatic N) is 1. The second kappa shape index (κ2) is 6.77. The largest absolute Gasteiger partial charge is 0.493 e. The van der Waals surface area contributed by atoms with E-state index in [1.807, 2.05) is 25.1 Å². The molecule has 0 heterocycles. The van der Waals surface area contributed by atoms with Gasteiger partial charge in [0, 0.05) is 18.2 Å². The smallest absolute Gasteiger partial charge is 0.181 e. The van der Waals surface area contributed by atoms with Crippen LogP contribution in [-0.2, 0) is 6.54 Å². The van der Waals surface area contributed by atoms with E-state index in [9.17, 15) is 0 Å². The Morgan fingerprint density at radius 2 is 2.24 bits per heavy atom. The molecule has 17 heavy (non-hydrogen) atoms. The second-order valence-electron chi connectivity index (χ2n) is 3.71. The monoisotopic (exact) mass is 234 g/mol. The third-order valence-electron chi connectivity index (χ3n) is 2.22. The fourth-order valence-corrected chi connectivity index (χ4v) is 1.34. The molecule has 1 aromatic rings. The number of nitriles is 1. The standard InChI is InChI=1S/C13H18N2O2/c1-3-6-16-12-5-4-11(9-15)13(7-12)17-10(2)8-14/h4-5,7,10H,3,6,9,15H2,1-2H3. The number of nitrogens with two attached hydrogens (primary N) is 1. The van der Waals surface area contributed by atoms with Crippen molar-refractivity contribution in [2.45, 2.75) is 32.9 Å². The van der Waals surface area contributed by atoms with Crippen molar-refractivity contribution >= 4 is 0 Å². The molecule has 0 aliphatic rings. The normalized spacial score (nSPS) is 11.6. The molecule has 0 saturated heterocycles. The summed E-state index contributed by atoms with van der Waals surface area (Å²) < 4.78 is 11.0. The first kappa shape index (κ1) is 13.3. The molecule has 0 spiro atoms. The van der Waals surface area contributed by atoms with Gasteiger partial charge in [0.1, 0.15) is 17.6 Å².